The summed E-state index contributed by atoms with van der Waals surface area (Å²) in [6.07, 6.45) is 4.17. The third kappa shape index (κ3) is 2.27. The summed E-state index contributed by atoms with van der Waals surface area (Å²) in [7, 11) is 0. The van der Waals surface area contributed by atoms with E-state index in [-0.39, 0.29) is 46.9 Å². The van der Waals surface area contributed by atoms with E-state index in [0.29, 0.717) is 13.0 Å². The van der Waals surface area contributed by atoms with Gasteiger partial charge in [0.1, 0.15) is 0 Å². The predicted molar refractivity (Wildman–Crippen MR) is 89.2 cm³/mol. The van der Waals surface area contributed by atoms with Crippen molar-refractivity contribution in [3.05, 3.63) is 35.4 Å². The Morgan fingerprint density at radius 3 is 2.29 bits per heavy atom. The molecule has 24 heavy (non-hydrogen) atoms. The van der Waals surface area contributed by atoms with Crippen LogP contribution in [0.15, 0.2) is 24.3 Å². The van der Waals surface area contributed by atoms with Crippen LogP contribution in [0.2, 0.25) is 0 Å². The van der Waals surface area contributed by atoms with Crippen LogP contribution >= 0.6 is 0 Å². The van der Waals surface area contributed by atoms with Crippen molar-refractivity contribution in [1.29, 1.82) is 0 Å². The van der Waals surface area contributed by atoms with Gasteiger partial charge in [0.2, 0.25) is 11.6 Å². The van der Waals surface area contributed by atoms with Crippen LogP contribution in [-0.4, -0.2) is 17.3 Å². The Balaban J connectivity index is 1.61. The average molecular weight is 325 g/mol. The van der Waals surface area contributed by atoms with Gasteiger partial charge >= 0.3 is 0 Å². The van der Waals surface area contributed by atoms with E-state index in [1.54, 1.807) is 0 Å². The Labute approximate surface area is 141 Å². The maximum absolute atomic E-state index is 13.0. The zero-order chi connectivity index (χ0) is 16.8. The molecule has 4 heteroatoms. The fraction of sp³-hybridized carbons (Fsp3) is 0.550. The first-order valence-corrected chi connectivity index (χ1v) is 9.03. The second kappa shape index (κ2) is 5.92. The van der Waals surface area contributed by atoms with Gasteiger partial charge in [-0.3, -0.25) is 14.4 Å². The summed E-state index contributed by atoms with van der Waals surface area (Å²) in [5.41, 5.74) is 7.36. The average Bonchev–Trinajstić information content (AvgIpc) is 2.88. The second-order valence-electron chi connectivity index (χ2n) is 7.56. The van der Waals surface area contributed by atoms with E-state index in [2.05, 4.69) is 0 Å². The zero-order valence-corrected chi connectivity index (χ0v) is 13.7. The number of hydrogen-bond donors (Lipinski definition) is 1. The molecule has 4 rings (SSSR count). The van der Waals surface area contributed by atoms with Crippen molar-refractivity contribution in [2.45, 2.75) is 38.6 Å². The topological polar surface area (TPSA) is 77.2 Å². The highest BCUT2D eigenvalue weighted by atomic mass is 16.2. The Kier molecular flexibility index (Phi) is 3.87. The SMILES string of the molecule is NCc1ccc(C(=O)C2CCC3C(=O)C(=O)C4CCCC2C43)cc1. The highest BCUT2D eigenvalue weighted by Crippen LogP contribution is 2.54. The highest BCUT2D eigenvalue weighted by molar-refractivity contribution is 6.41. The Bertz CT molecular complexity index is 677. The minimum Gasteiger partial charge on any atom is -0.326 e. The Morgan fingerprint density at radius 1 is 0.958 bits per heavy atom. The number of rotatable bonds is 3. The molecule has 1 aromatic rings. The van der Waals surface area contributed by atoms with Crippen LogP contribution in [0.1, 0.15) is 48.0 Å². The minimum absolute atomic E-state index is 0.0449. The zero-order valence-electron chi connectivity index (χ0n) is 13.7. The smallest absolute Gasteiger partial charge is 0.202 e. The van der Waals surface area contributed by atoms with E-state index >= 15 is 0 Å². The first kappa shape index (κ1) is 15.7. The van der Waals surface area contributed by atoms with E-state index in [1.165, 1.54) is 0 Å². The van der Waals surface area contributed by atoms with Crippen LogP contribution in [0.5, 0.6) is 0 Å². The first-order chi connectivity index (χ1) is 11.6. The van der Waals surface area contributed by atoms with Gasteiger partial charge in [-0.05, 0) is 43.1 Å². The number of ketones is 3. The summed E-state index contributed by atoms with van der Waals surface area (Å²) in [5, 5.41) is 0. The summed E-state index contributed by atoms with van der Waals surface area (Å²) >= 11 is 0. The summed E-state index contributed by atoms with van der Waals surface area (Å²) < 4.78 is 0. The molecule has 0 bridgehead atoms. The van der Waals surface area contributed by atoms with E-state index in [1.807, 2.05) is 24.3 Å². The Hall–Kier alpha value is -1.81. The summed E-state index contributed by atoms with van der Waals surface area (Å²) in [4.78, 5) is 37.6. The largest absolute Gasteiger partial charge is 0.326 e. The van der Waals surface area contributed by atoms with Crippen LogP contribution in [0.3, 0.4) is 0 Å². The predicted octanol–water partition coefficient (Wildman–Crippen LogP) is 2.54. The molecular weight excluding hydrogens is 302 g/mol. The molecule has 2 N–H and O–H groups in total. The molecule has 3 fully saturated rings. The van der Waals surface area contributed by atoms with Crippen molar-refractivity contribution >= 4 is 17.3 Å². The van der Waals surface area contributed by atoms with Crippen molar-refractivity contribution in [1.82, 2.24) is 0 Å². The molecule has 0 amide bonds. The third-order valence-electron chi connectivity index (χ3n) is 6.51. The molecule has 3 aliphatic carbocycles. The molecule has 4 nitrogen and oxygen atoms in total. The molecule has 0 aliphatic heterocycles. The molecule has 3 aliphatic rings. The second-order valence-corrected chi connectivity index (χ2v) is 7.56. The number of hydrogen-bond acceptors (Lipinski definition) is 4. The number of Topliss-reactive ketones (excluding diaryl/α,β-unsaturated/α-hetero) is 3. The monoisotopic (exact) mass is 325 g/mol. The van der Waals surface area contributed by atoms with Gasteiger partial charge in [-0.15, -0.1) is 0 Å². The standard InChI is InChI=1S/C20H23NO3/c21-10-11-4-6-12(7-5-11)18(22)14-8-9-16-17-13(14)2-1-3-15(17)19(23)20(16)24/h4-7,13-17H,1-3,8-10,21H2. The van der Waals surface area contributed by atoms with Crippen molar-refractivity contribution in [2.75, 3.05) is 0 Å². The lowest BCUT2D eigenvalue weighted by atomic mass is 9.59. The highest BCUT2D eigenvalue weighted by Gasteiger charge is 2.57. The van der Waals surface area contributed by atoms with E-state index < -0.39 is 0 Å². The van der Waals surface area contributed by atoms with Crippen molar-refractivity contribution in [3.63, 3.8) is 0 Å². The van der Waals surface area contributed by atoms with Crippen molar-refractivity contribution < 1.29 is 14.4 Å². The fourth-order valence-corrected chi connectivity index (χ4v) is 5.39. The van der Waals surface area contributed by atoms with Gasteiger partial charge in [0, 0.05) is 29.9 Å². The quantitative estimate of drug-likeness (QED) is 0.684. The molecule has 3 saturated carbocycles. The molecule has 0 spiro atoms. The maximum atomic E-state index is 13.0. The minimum atomic E-state index is -0.157. The van der Waals surface area contributed by atoms with Crippen molar-refractivity contribution in [2.24, 2.45) is 35.3 Å². The van der Waals surface area contributed by atoms with Gasteiger partial charge in [0.15, 0.2) is 5.78 Å². The van der Waals surface area contributed by atoms with Crippen LogP contribution in [0.25, 0.3) is 0 Å². The molecule has 5 atom stereocenters. The van der Waals surface area contributed by atoms with Gasteiger partial charge in [0.25, 0.3) is 0 Å². The van der Waals surface area contributed by atoms with Crippen molar-refractivity contribution in [3.8, 4) is 0 Å². The molecule has 0 heterocycles. The Morgan fingerprint density at radius 2 is 1.62 bits per heavy atom. The van der Waals surface area contributed by atoms with Crippen LogP contribution in [0, 0.1) is 29.6 Å². The fourth-order valence-electron chi connectivity index (χ4n) is 5.39. The van der Waals surface area contributed by atoms with Crippen LogP contribution < -0.4 is 5.73 Å². The molecule has 5 unspecified atom stereocenters. The number of nitrogens with two attached hydrogens (primary N) is 1. The van der Waals surface area contributed by atoms with E-state index in [9.17, 15) is 14.4 Å². The van der Waals surface area contributed by atoms with Gasteiger partial charge in [-0.25, -0.2) is 0 Å². The lowest BCUT2D eigenvalue weighted by Gasteiger charge is -2.43. The third-order valence-corrected chi connectivity index (χ3v) is 6.51. The molecule has 0 aromatic heterocycles. The number of benzene rings is 1. The van der Waals surface area contributed by atoms with Crippen LogP contribution in [-0.2, 0) is 16.1 Å². The summed E-state index contributed by atoms with van der Waals surface area (Å²) in [6.45, 7) is 0.468. The lowest BCUT2D eigenvalue weighted by Crippen LogP contribution is -2.42. The molecule has 126 valence electrons. The number of carbonyl (C=O) groups is 3. The molecular formula is C20H23NO3. The van der Waals surface area contributed by atoms with Crippen LogP contribution in [0.4, 0.5) is 0 Å². The van der Waals surface area contributed by atoms with Gasteiger partial charge in [-0.2, -0.15) is 0 Å². The molecule has 1 aromatic carbocycles. The lowest BCUT2D eigenvalue weighted by molar-refractivity contribution is -0.137. The van der Waals surface area contributed by atoms with Gasteiger partial charge < -0.3 is 5.73 Å². The molecule has 0 radical (unpaired) electrons. The summed E-state index contributed by atoms with van der Waals surface area (Å²) in [6, 6.07) is 7.54. The summed E-state index contributed by atoms with van der Waals surface area (Å²) in [5.74, 6) is -0.103. The van der Waals surface area contributed by atoms with E-state index in [0.717, 1.165) is 36.8 Å². The molecule has 0 saturated heterocycles. The van der Waals surface area contributed by atoms with E-state index in [4.69, 9.17) is 5.73 Å². The maximum Gasteiger partial charge on any atom is 0.202 e. The first-order valence-electron chi connectivity index (χ1n) is 9.03. The number of carbonyl (C=O) groups excluding carboxylic acids is 3. The van der Waals surface area contributed by atoms with Gasteiger partial charge in [0.05, 0.1) is 0 Å². The normalized spacial score (nSPS) is 35.0. The van der Waals surface area contributed by atoms with Gasteiger partial charge in [-0.1, -0.05) is 30.7 Å².